The summed E-state index contributed by atoms with van der Waals surface area (Å²) in [4.78, 5) is 1.22. The highest BCUT2D eigenvalue weighted by Crippen LogP contribution is 2.31. The minimum Gasteiger partial charge on any atom is -0.397 e. The molecule has 0 aliphatic rings. The molecule has 0 aliphatic carbocycles. The number of nitrogens with one attached hydrogen (secondary N) is 1. The van der Waals surface area contributed by atoms with Gasteiger partial charge in [0.2, 0.25) is 0 Å². The first-order chi connectivity index (χ1) is 8.22. The van der Waals surface area contributed by atoms with Crippen molar-refractivity contribution in [3.63, 3.8) is 0 Å². The summed E-state index contributed by atoms with van der Waals surface area (Å²) in [5.74, 6) is 0. The van der Waals surface area contributed by atoms with Gasteiger partial charge in [0.1, 0.15) is 0 Å². The normalized spacial score (nSPS) is 10.2. The lowest BCUT2D eigenvalue weighted by molar-refractivity contribution is 1.40. The molecule has 0 atom stereocenters. The van der Waals surface area contributed by atoms with Gasteiger partial charge in [-0.25, -0.2) is 0 Å². The Morgan fingerprint density at radius 2 is 1.71 bits per heavy atom. The Morgan fingerprint density at radius 1 is 1.00 bits per heavy atom. The fourth-order valence-electron chi connectivity index (χ4n) is 1.68. The number of hydrogen-bond acceptors (Lipinski definition) is 3. The summed E-state index contributed by atoms with van der Waals surface area (Å²) in [6.07, 6.45) is 2.07. The molecule has 0 saturated carbocycles. The number of aryl methyl sites for hydroxylation is 1. The molecule has 2 rings (SSSR count). The van der Waals surface area contributed by atoms with Gasteiger partial charge in [0.15, 0.2) is 0 Å². The molecule has 2 aromatic rings. The molecule has 3 heteroatoms. The summed E-state index contributed by atoms with van der Waals surface area (Å²) in [6, 6.07) is 14.2. The van der Waals surface area contributed by atoms with Gasteiger partial charge >= 0.3 is 0 Å². The molecule has 0 saturated heterocycles. The number of para-hydroxylation sites is 2. The van der Waals surface area contributed by atoms with Crippen LogP contribution in [0.3, 0.4) is 0 Å². The van der Waals surface area contributed by atoms with Gasteiger partial charge < -0.3 is 11.1 Å². The van der Waals surface area contributed by atoms with Crippen LogP contribution in [0.5, 0.6) is 0 Å². The second-order valence-corrected chi connectivity index (χ2v) is 4.71. The van der Waals surface area contributed by atoms with Crippen molar-refractivity contribution in [1.82, 2.24) is 0 Å². The first-order valence-corrected chi connectivity index (χ1v) is 6.70. The van der Waals surface area contributed by atoms with Gasteiger partial charge in [0.05, 0.1) is 17.1 Å². The third-order valence-corrected chi connectivity index (χ3v) is 3.50. The largest absolute Gasteiger partial charge is 0.397 e. The van der Waals surface area contributed by atoms with Crippen LogP contribution in [0.4, 0.5) is 17.1 Å². The Balaban J connectivity index is 2.35. The highest BCUT2D eigenvalue weighted by molar-refractivity contribution is 7.98. The number of benzene rings is 2. The Morgan fingerprint density at radius 3 is 2.47 bits per heavy atom. The van der Waals surface area contributed by atoms with E-state index in [1.807, 2.05) is 37.3 Å². The maximum Gasteiger partial charge on any atom is 0.0620 e. The number of nitrogens with two attached hydrogens (primary N) is 1. The van der Waals surface area contributed by atoms with E-state index in [0.29, 0.717) is 0 Å². The zero-order chi connectivity index (χ0) is 12.3. The highest BCUT2D eigenvalue weighted by atomic mass is 32.2. The van der Waals surface area contributed by atoms with Gasteiger partial charge in [-0.15, -0.1) is 11.8 Å². The maximum atomic E-state index is 6.05. The molecule has 0 fully saturated rings. The van der Waals surface area contributed by atoms with Crippen LogP contribution in [0.1, 0.15) is 5.56 Å². The van der Waals surface area contributed by atoms with Crippen LogP contribution in [0, 0.1) is 6.92 Å². The Kier molecular flexibility index (Phi) is 3.59. The SMILES string of the molecule is CSc1ccccc1Nc1cccc(C)c1N. The van der Waals surface area contributed by atoms with Gasteiger partial charge in [0.25, 0.3) is 0 Å². The topological polar surface area (TPSA) is 38.0 Å². The van der Waals surface area contributed by atoms with Crippen molar-refractivity contribution in [3.8, 4) is 0 Å². The third-order valence-electron chi connectivity index (χ3n) is 2.70. The van der Waals surface area contributed by atoms with Crippen molar-refractivity contribution in [1.29, 1.82) is 0 Å². The summed E-state index contributed by atoms with van der Waals surface area (Å²) >= 11 is 1.72. The van der Waals surface area contributed by atoms with Crippen molar-refractivity contribution in [2.24, 2.45) is 0 Å². The Hall–Kier alpha value is -1.61. The molecular formula is C14H16N2S. The number of rotatable bonds is 3. The summed E-state index contributed by atoms with van der Waals surface area (Å²) in [5, 5.41) is 3.39. The van der Waals surface area contributed by atoms with Crippen molar-refractivity contribution in [2.75, 3.05) is 17.3 Å². The molecule has 2 nitrogen and oxygen atoms in total. The molecular weight excluding hydrogens is 228 g/mol. The van der Waals surface area contributed by atoms with Gasteiger partial charge in [-0.05, 0) is 36.9 Å². The van der Waals surface area contributed by atoms with Crippen LogP contribution in [-0.4, -0.2) is 6.26 Å². The average Bonchev–Trinajstić information content (AvgIpc) is 2.35. The van der Waals surface area contributed by atoms with Crippen molar-refractivity contribution in [2.45, 2.75) is 11.8 Å². The van der Waals surface area contributed by atoms with Crippen LogP contribution >= 0.6 is 11.8 Å². The van der Waals surface area contributed by atoms with Crippen LogP contribution in [-0.2, 0) is 0 Å². The van der Waals surface area contributed by atoms with Gasteiger partial charge in [-0.3, -0.25) is 0 Å². The summed E-state index contributed by atoms with van der Waals surface area (Å²) in [6.45, 7) is 2.01. The molecule has 0 aromatic heterocycles. The third kappa shape index (κ3) is 2.56. The molecule has 0 amide bonds. The molecule has 0 bridgehead atoms. The molecule has 17 heavy (non-hydrogen) atoms. The quantitative estimate of drug-likeness (QED) is 0.632. The average molecular weight is 244 g/mol. The lowest BCUT2D eigenvalue weighted by atomic mass is 10.1. The van der Waals surface area contributed by atoms with Crippen molar-refractivity contribution >= 4 is 28.8 Å². The van der Waals surface area contributed by atoms with Crippen molar-refractivity contribution < 1.29 is 0 Å². The van der Waals surface area contributed by atoms with Crippen LogP contribution in [0.2, 0.25) is 0 Å². The maximum absolute atomic E-state index is 6.05. The monoisotopic (exact) mass is 244 g/mol. The zero-order valence-electron chi connectivity index (χ0n) is 10.0. The van der Waals surface area contributed by atoms with Gasteiger partial charge in [0, 0.05) is 4.90 Å². The minimum atomic E-state index is 0.809. The standard InChI is InChI=1S/C14H16N2S/c1-10-6-5-8-12(14(10)15)16-11-7-3-4-9-13(11)17-2/h3-9,16H,15H2,1-2H3. The smallest absolute Gasteiger partial charge is 0.0620 e. The van der Waals surface area contributed by atoms with Crippen LogP contribution in [0.25, 0.3) is 0 Å². The number of nitrogen functional groups attached to an aromatic ring is 1. The van der Waals surface area contributed by atoms with Crippen LogP contribution < -0.4 is 11.1 Å². The Labute approximate surface area is 106 Å². The first kappa shape index (κ1) is 11.9. The predicted octanol–water partition coefficient (Wildman–Crippen LogP) is 4.04. The van der Waals surface area contributed by atoms with E-state index < -0.39 is 0 Å². The van der Waals surface area contributed by atoms with E-state index in [1.165, 1.54) is 4.90 Å². The second-order valence-electron chi connectivity index (χ2n) is 3.86. The first-order valence-electron chi connectivity index (χ1n) is 5.47. The van der Waals surface area contributed by atoms with Crippen LogP contribution in [0.15, 0.2) is 47.4 Å². The predicted molar refractivity (Wildman–Crippen MR) is 77.1 cm³/mol. The van der Waals surface area contributed by atoms with E-state index in [2.05, 4.69) is 23.7 Å². The lowest BCUT2D eigenvalue weighted by Gasteiger charge is -2.13. The van der Waals surface area contributed by atoms with Gasteiger partial charge in [-0.1, -0.05) is 24.3 Å². The van der Waals surface area contributed by atoms with E-state index in [-0.39, 0.29) is 0 Å². The van der Waals surface area contributed by atoms with E-state index in [0.717, 1.165) is 22.6 Å². The fourth-order valence-corrected chi connectivity index (χ4v) is 2.24. The molecule has 88 valence electrons. The molecule has 0 aliphatic heterocycles. The summed E-state index contributed by atoms with van der Waals surface area (Å²) < 4.78 is 0. The van der Waals surface area contributed by atoms with E-state index in [4.69, 9.17) is 5.73 Å². The summed E-state index contributed by atoms with van der Waals surface area (Å²) in [5.41, 5.74) is 10.0. The van der Waals surface area contributed by atoms with E-state index >= 15 is 0 Å². The zero-order valence-corrected chi connectivity index (χ0v) is 10.8. The molecule has 0 heterocycles. The van der Waals surface area contributed by atoms with E-state index in [1.54, 1.807) is 11.8 Å². The number of thioether (sulfide) groups is 1. The van der Waals surface area contributed by atoms with E-state index in [9.17, 15) is 0 Å². The molecule has 2 aromatic carbocycles. The lowest BCUT2D eigenvalue weighted by Crippen LogP contribution is -1.98. The van der Waals surface area contributed by atoms with Crippen molar-refractivity contribution in [3.05, 3.63) is 48.0 Å². The molecule has 0 radical (unpaired) electrons. The van der Waals surface area contributed by atoms with Gasteiger partial charge in [-0.2, -0.15) is 0 Å². The Bertz CT molecular complexity index is 523. The number of anilines is 3. The second kappa shape index (κ2) is 5.15. The molecule has 0 spiro atoms. The fraction of sp³-hybridized carbons (Fsp3) is 0.143. The number of hydrogen-bond donors (Lipinski definition) is 2. The summed E-state index contributed by atoms with van der Waals surface area (Å²) in [7, 11) is 0. The minimum absolute atomic E-state index is 0.809. The molecule has 0 unspecified atom stereocenters. The molecule has 3 N–H and O–H groups in total. The highest BCUT2D eigenvalue weighted by Gasteiger charge is 2.04.